The number of anilines is 1. The lowest BCUT2D eigenvalue weighted by Gasteiger charge is -2.19. The van der Waals surface area contributed by atoms with E-state index in [2.05, 4.69) is 51.5 Å². The van der Waals surface area contributed by atoms with Crippen LogP contribution in [0.3, 0.4) is 0 Å². The highest BCUT2D eigenvalue weighted by Gasteiger charge is 2.17. The molecule has 5 aromatic rings. The number of nitrogens with one attached hydrogen (secondary N) is 1. The molecule has 36 heavy (non-hydrogen) atoms. The monoisotopic (exact) mass is 478 g/mol. The van der Waals surface area contributed by atoms with Gasteiger partial charge in [0.25, 0.3) is 0 Å². The summed E-state index contributed by atoms with van der Waals surface area (Å²) < 4.78 is 5.59. The van der Waals surface area contributed by atoms with Gasteiger partial charge in [-0.05, 0) is 81.6 Å². The molecule has 0 aliphatic heterocycles. The number of hydrogen-bond acceptors (Lipinski definition) is 6. The van der Waals surface area contributed by atoms with Crippen molar-refractivity contribution in [1.82, 2.24) is 15.0 Å². The molecule has 0 saturated heterocycles. The SMILES string of the molecule is Cc1nc(N[C@@H](C)c2cccc(-c3cncc(C(C)(C)O)c3)c2)cc(-c2ccc3occ(C)c3c2)n1. The van der Waals surface area contributed by atoms with Crippen molar-refractivity contribution < 1.29 is 9.52 Å². The van der Waals surface area contributed by atoms with Crippen LogP contribution in [0.1, 0.15) is 49.3 Å². The first-order chi connectivity index (χ1) is 17.2. The lowest BCUT2D eigenvalue weighted by Crippen LogP contribution is -2.15. The first kappa shape index (κ1) is 23.7. The fraction of sp³-hybridized carbons (Fsp3) is 0.233. The van der Waals surface area contributed by atoms with Crippen LogP contribution in [-0.4, -0.2) is 20.1 Å². The molecule has 6 nitrogen and oxygen atoms in total. The van der Waals surface area contributed by atoms with Gasteiger partial charge >= 0.3 is 0 Å². The van der Waals surface area contributed by atoms with E-state index in [9.17, 15) is 5.11 Å². The zero-order valence-electron chi connectivity index (χ0n) is 21.2. The zero-order valence-corrected chi connectivity index (χ0v) is 21.2. The maximum absolute atomic E-state index is 10.4. The van der Waals surface area contributed by atoms with Crippen molar-refractivity contribution in [2.75, 3.05) is 5.32 Å². The van der Waals surface area contributed by atoms with Crippen LogP contribution >= 0.6 is 0 Å². The summed E-state index contributed by atoms with van der Waals surface area (Å²) in [5, 5.41) is 15.0. The number of aromatic nitrogens is 3. The highest BCUT2D eigenvalue weighted by molar-refractivity contribution is 5.85. The largest absolute Gasteiger partial charge is 0.464 e. The van der Waals surface area contributed by atoms with E-state index in [1.807, 2.05) is 50.4 Å². The third-order valence-electron chi connectivity index (χ3n) is 6.43. The summed E-state index contributed by atoms with van der Waals surface area (Å²) in [7, 11) is 0. The van der Waals surface area contributed by atoms with Crippen LogP contribution in [0.2, 0.25) is 0 Å². The van der Waals surface area contributed by atoms with Crippen LogP contribution < -0.4 is 5.32 Å². The average Bonchev–Trinajstić information content (AvgIpc) is 3.23. The van der Waals surface area contributed by atoms with E-state index >= 15 is 0 Å². The lowest BCUT2D eigenvalue weighted by atomic mass is 9.95. The van der Waals surface area contributed by atoms with Crippen LogP contribution in [0.25, 0.3) is 33.4 Å². The summed E-state index contributed by atoms with van der Waals surface area (Å²) in [6, 6.07) is 18.5. The molecule has 3 heterocycles. The van der Waals surface area contributed by atoms with Crippen molar-refractivity contribution in [1.29, 1.82) is 0 Å². The van der Waals surface area contributed by atoms with Crippen molar-refractivity contribution in [2.45, 2.75) is 46.3 Å². The molecule has 0 aliphatic carbocycles. The molecule has 0 amide bonds. The number of aryl methyl sites for hydroxylation is 2. The van der Waals surface area contributed by atoms with Gasteiger partial charge < -0.3 is 14.8 Å². The Bertz CT molecular complexity index is 1550. The second kappa shape index (κ2) is 9.21. The van der Waals surface area contributed by atoms with Gasteiger partial charge in [-0.2, -0.15) is 0 Å². The second-order valence-electron chi connectivity index (χ2n) is 9.83. The first-order valence-electron chi connectivity index (χ1n) is 12.1. The highest BCUT2D eigenvalue weighted by atomic mass is 16.3. The molecule has 0 radical (unpaired) electrons. The standard InChI is InChI=1S/C30H30N4O2/c1-18-17-36-28-10-9-23(13-26(18)28)27-14-29(34-20(3)33-27)32-19(2)21-7-6-8-22(11-21)24-12-25(16-31-15-24)30(4,5)35/h6-17,19,35H,1-5H3,(H,32,33,34)/t19-/m0/s1. The summed E-state index contributed by atoms with van der Waals surface area (Å²) in [6.07, 6.45) is 5.31. The molecule has 0 unspecified atom stereocenters. The highest BCUT2D eigenvalue weighted by Crippen LogP contribution is 2.30. The molecule has 5 rings (SSSR count). The average molecular weight is 479 g/mol. The van der Waals surface area contributed by atoms with Crippen molar-refractivity contribution >= 4 is 16.8 Å². The molecule has 1 atom stereocenters. The summed E-state index contributed by atoms with van der Waals surface area (Å²) >= 11 is 0. The van der Waals surface area contributed by atoms with Gasteiger partial charge in [0.15, 0.2) is 0 Å². The number of fused-ring (bicyclic) bond motifs is 1. The predicted octanol–water partition coefficient (Wildman–Crippen LogP) is 6.97. The summed E-state index contributed by atoms with van der Waals surface area (Å²) in [5.74, 6) is 1.47. The molecule has 2 aromatic carbocycles. The fourth-order valence-electron chi connectivity index (χ4n) is 4.33. The number of hydrogen-bond donors (Lipinski definition) is 2. The van der Waals surface area contributed by atoms with E-state index < -0.39 is 5.60 Å². The van der Waals surface area contributed by atoms with Crippen molar-refractivity contribution in [3.05, 3.63) is 95.8 Å². The van der Waals surface area contributed by atoms with Crippen LogP contribution in [-0.2, 0) is 5.60 Å². The minimum absolute atomic E-state index is 0.0103. The van der Waals surface area contributed by atoms with E-state index in [1.165, 1.54) is 0 Å². The first-order valence-corrected chi connectivity index (χ1v) is 12.1. The van der Waals surface area contributed by atoms with Gasteiger partial charge in [-0.15, -0.1) is 0 Å². The quantitative estimate of drug-likeness (QED) is 0.274. The number of nitrogens with zero attached hydrogens (tertiary/aromatic N) is 3. The Kier molecular flexibility index (Phi) is 6.06. The lowest BCUT2D eigenvalue weighted by molar-refractivity contribution is 0.0783. The number of rotatable bonds is 6. The van der Waals surface area contributed by atoms with Gasteiger partial charge in [-0.1, -0.05) is 18.2 Å². The Morgan fingerprint density at radius 3 is 2.56 bits per heavy atom. The van der Waals surface area contributed by atoms with E-state index in [0.29, 0.717) is 5.82 Å². The fourth-order valence-corrected chi connectivity index (χ4v) is 4.33. The third kappa shape index (κ3) is 4.86. The van der Waals surface area contributed by atoms with Crippen LogP contribution in [0.15, 0.2) is 77.7 Å². The maximum atomic E-state index is 10.4. The Hall–Kier alpha value is -4.03. The van der Waals surface area contributed by atoms with Crippen LogP contribution in [0.4, 0.5) is 5.82 Å². The van der Waals surface area contributed by atoms with Gasteiger partial charge in [0.1, 0.15) is 17.2 Å². The Morgan fingerprint density at radius 2 is 1.75 bits per heavy atom. The molecule has 2 N–H and O–H groups in total. The maximum Gasteiger partial charge on any atom is 0.134 e. The molecule has 6 heteroatoms. The van der Waals surface area contributed by atoms with E-state index in [4.69, 9.17) is 4.42 Å². The third-order valence-corrected chi connectivity index (χ3v) is 6.43. The van der Waals surface area contributed by atoms with Crippen LogP contribution in [0, 0.1) is 13.8 Å². The molecule has 3 aromatic heterocycles. The van der Waals surface area contributed by atoms with Gasteiger partial charge in [0.05, 0.1) is 17.6 Å². The normalized spacial score (nSPS) is 12.6. The number of aliphatic hydroxyl groups is 1. The number of pyridine rings is 1. The number of benzene rings is 2. The molecule has 0 saturated carbocycles. The summed E-state index contributed by atoms with van der Waals surface area (Å²) in [5.41, 5.74) is 6.83. The van der Waals surface area contributed by atoms with Gasteiger partial charge in [-0.25, -0.2) is 9.97 Å². The predicted molar refractivity (Wildman–Crippen MR) is 144 cm³/mol. The molecule has 0 aliphatic rings. The van der Waals surface area contributed by atoms with Gasteiger partial charge in [0, 0.05) is 46.6 Å². The zero-order chi connectivity index (χ0) is 25.4. The minimum atomic E-state index is -0.946. The Balaban J connectivity index is 1.42. The molecular formula is C30H30N4O2. The summed E-state index contributed by atoms with van der Waals surface area (Å²) in [4.78, 5) is 13.7. The van der Waals surface area contributed by atoms with Crippen molar-refractivity contribution in [3.63, 3.8) is 0 Å². The summed E-state index contributed by atoms with van der Waals surface area (Å²) in [6.45, 7) is 9.60. The van der Waals surface area contributed by atoms with Crippen LogP contribution in [0.5, 0.6) is 0 Å². The van der Waals surface area contributed by atoms with Gasteiger partial charge in [-0.3, -0.25) is 4.98 Å². The Morgan fingerprint density at radius 1 is 0.917 bits per heavy atom. The van der Waals surface area contributed by atoms with E-state index in [-0.39, 0.29) is 6.04 Å². The Labute approximate surface area is 211 Å². The number of furan rings is 1. The molecule has 0 spiro atoms. The molecule has 182 valence electrons. The van der Waals surface area contributed by atoms with Gasteiger partial charge in [0.2, 0.25) is 0 Å². The minimum Gasteiger partial charge on any atom is -0.464 e. The topological polar surface area (TPSA) is 84.1 Å². The molecular weight excluding hydrogens is 448 g/mol. The van der Waals surface area contributed by atoms with E-state index in [1.54, 1.807) is 26.3 Å². The van der Waals surface area contributed by atoms with Crippen molar-refractivity contribution in [2.24, 2.45) is 0 Å². The molecule has 0 bridgehead atoms. The van der Waals surface area contributed by atoms with E-state index in [0.717, 1.165) is 55.9 Å². The smallest absolute Gasteiger partial charge is 0.134 e. The van der Waals surface area contributed by atoms with Crippen molar-refractivity contribution in [3.8, 4) is 22.4 Å². The molecule has 0 fully saturated rings. The second-order valence-corrected chi connectivity index (χ2v) is 9.83.